The highest BCUT2D eigenvalue weighted by Gasteiger charge is 2.35. The number of hydrogen-bond acceptors (Lipinski definition) is 3. The van der Waals surface area contributed by atoms with Crippen molar-refractivity contribution in [3.63, 3.8) is 0 Å². The van der Waals surface area contributed by atoms with Crippen LogP contribution in [-0.4, -0.2) is 46.0 Å². The monoisotopic (exact) mass is 400 g/mol. The second-order valence-corrected chi connectivity index (χ2v) is 8.24. The molecule has 2 N–H and O–H groups in total. The number of H-pyrrole nitrogens is 1. The summed E-state index contributed by atoms with van der Waals surface area (Å²) < 4.78 is 0. The Morgan fingerprint density at radius 1 is 1.18 bits per heavy atom. The lowest BCUT2D eigenvalue weighted by Crippen LogP contribution is -2.47. The molecule has 1 aromatic carbocycles. The second-order valence-electron chi connectivity index (χ2n) is 7.80. The van der Waals surface area contributed by atoms with Gasteiger partial charge in [-0.1, -0.05) is 23.7 Å². The van der Waals surface area contributed by atoms with Crippen molar-refractivity contribution < 1.29 is 9.59 Å². The van der Waals surface area contributed by atoms with E-state index in [1.807, 2.05) is 36.1 Å². The molecule has 0 bridgehead atoms. The fraction of sp³-hybridized carbons (Fsp3) is 0.476. The van der Waals surface area contributed by atoms with E-state index in [1.54, 1.807) is 0 Å². The number of nitrogens with zero attached hydrogens (tertiary/aromatic N) is 2. The zero-order valence-corrected chi connectivity index (χ0v) is 16.8. The molecule has 0 spiro atoms. The quantitative estimate of drug-likeness (QED) is 0.809. The number of aromatic nitrogens is 2. The number of aryl methyl sites for hydroxylation is 1. The highest BCUT2D eigenvalue weighted by molar-refractivity contribution is 6.30. The summed E-state index contributed by atoms with van der Waals surface area (Å²) >= 11 is 5.97. The maximum atomic E-state index is 12.6. The highest BCUT2D eigenvalue weighted by atomic mass is 35.5. The molecule has 0 unspecified atom stereocenters. The average molecular weight is 401 g/mol. The number of carbonyl (C=O) groups is 2. The minimum atomic E-state index is -0.00770. The topological polar surface area (TPSA) is 78.1 Å². The molecule has 148 valence electrons. The van der Waals surface area contributed by atoms with E-state index in [-0.39, 0.29) is 24.3 Å². The van der Waals surface area contributed by atoms with E-state index in [1.165, 1.54) is 0 Å². The van der Waals surface area contributed by atoms with Crippen LogP contribution in [0.1, 0.15) is 36.9 Å². The molecule has 0 radical (unpaired) electrons. The van der Waals surface area contributed by atoms with E-state index in [9.17, 15) is 9.59 Å². The fourth-order valence-corrected chi connectivity index (χ4v) is 3.91. The summed E-state index contributed by atoms with van der Waals surface area (Å²) in [4.78, 5) is 26.8. The van der Waals surface area contributed by atoms with Crippen LogP contribution in [0.5, 0.6) is 0 Å². The third kappa shape index (κ3) is 4.22. The Bertz CT molecular complexity index is 865. The lowest BCUT2D eigenvalue weighted by atomic mass is 10.0. The summed E-state index contributed by atoms with van der Waals surface area (Å²) in [6.07, 6.45) is 3.99. The molecule has 4 rings (SSSR count). The van der Waals surface area contributed by atoms with Crippen LogP contribution in [0.25, 0.3) is 11.3 Å². The van der Waals surface area contributed by atoms with Crippen LogP contribution in [0.4, 0.5) is 0 Å². The summed E-state index contributed by atoms with van der Waals surface area (Å²) in [7, 11) is 0. The summed E-state index contributed by atoms with van der Waals surface area (Å²) in [5.74, 6) is 0.555. The molecule has 1 aliphatic carbocycles. The Morgan fingerprint density at radius 3 is 2.50 bits per heavy atom. The Labute approximate surface area is 169 Å². The minimum Gasteiger partial charge on any atom is -0.353 e. The van der Waals surface area contributed by atoms with Gasteiger partial charge in [-0.25, -0.2) is 0 Å². The molecule has 1 saturated heterocycles. The number of likely N-dealkylation sites (tertiary alicyclic amines) is 1. The van der Waals surface area contributed by atoms with Crippen LogP contribution >= 0.6 is 11.6 Å². The van der Waals surface area contributed by atoms with Crippen molar-refractivity contribution in [2.24, 2.45) is 5.92 Å². The number of carbonyl (C=O) groups excluding carboxylic acids is 2. The fourth-order valence-electron chi connectivity index (χ4n) is 3.79. The molecule has 2 amide bonds. The molecule has 1 saturated carbocycles. The molecular formula is C21H25ClN4O2. The van der Waals surface area contributed by atoms with Gasteiger partial charge in [0.2, 0.25) is 11.8 Å². The SMILES string of the molecule is Cc1[nH]nc(-c2ccc(Cl)cc2)c1CC(=O)NC1CCN(C(=O)C2CC2)CC1. The van der Waals surface area contributed by atoms with Crippen molar-refractivity contribution in [3.8, 4) is 11.3 Å². The molecule has 1 aromatic heterocycles. The van der Waals surface area contributed by atoms with Crippen molar-refractivity contribution in [2.75, 3.05) is 13.1 Å². The van der Waals surface area contributed by atoms with Crippen LogP contribution in [-0.2, 0) is 16.0 Å². The number of benzene rings is 1. The van der Waals surface area contributed by atoms with E-state index in [0.717, 1.165) is 61.3 Å². The zero-order chi connectivity index (χ0) is 19.7. The average Bonchev–Trinajstić information content (AvgIpc) is 3.48. The van der Waals surface area contributed by atoms with Gasteiger partial charge in [0, 0.05) is 46.9 Å². The normalized spacial score (nSPS) is 17.6. The van der Waals surface area contributed by atoms with Gasteiger partial charge in [-0.3, -0.25) is 14.7 Å². The van der Waals surface area contributed by atoms with Gasteiger partial charge in [0.15, 0.2) is 0 Å². The molecule has 2 fully saturated rings. The number of halogens is 1. The molecule has 6 nitrogen and oxygen atoms in total. The first kappa shape index (κ1) is 19.0. The summed E-state index contributed by atoms with van der Waals surface area (Å²) in [6, 6.07) is 7.59. The first-order valence-corrected chi connectivity index (χ1v) is 10.3. The van der Waals surface area contributed by atoms with Crippen LogP contribution in [0.15, 0.2) is 24.3 Å². The van der Waals surface area contributed by atoms with Crippen LogP contribution in [0, 0.1) is 12.8 Å². The smallest absolute Gasteiger partial charge is 0.225 e. The molecule has 2 aliphatic rings. The van der Waals surface area contributed by atoms with Crippen molar-refractivity contribution in [2.45, 2.75) is 45.1 Å². The van der Waals surface area contributed by atoms with Crippen LogP contribution in [0.3, 0.4) is 0 Å². The maximum absolute atomic E-state index is 12.6. The molecule has 2 aromatic rings. The van der Waals surface area contributed by atoms with Crippen molar-refractivity contribution >= 4 is 23.4 Å². The van der Waals surface area contributed by atoms with Gasteiger partial charge in [-0.2, -0.15) is 5.10 Å². The largest absolute Gasteiger partial charge is 0.353 e. The first-order valence-electron chi connectivity index (χ1n) is 9.89. The van der Waals surface area contributed by atoms with Crippen molar-refractivity contribution in [3.05, 3.63) is 40.5 Å². The predicted octanol–water partition coefficient (Wildman–Crippen LogP) is 3.10. The molecule has 0 atom stereocenters. The third-order valence-electron chi connectivity index (χ3n) is 5.63. The summed E-state index contributed by atoms with van der Waals surface area (Å²) in [6.45, 7) is 3.40. The Hall–Kier alpha value is -2.34. The number of nitrogens with one attached hydrogen (secondary N) is 2. The molecule has 1 aliphatic heterocycles. The van der Waals surface area contributed by atoms with Gasteiger partial charge in [0.1, 0.15) is 0 Å². The Balaban J connectivity index is 1.35. The van der Waals surface area contributed by atoms with Crippen LogP contribution in [0.2, 0.25) is 5.02 Å². The highest BCUT2D eigenvalue weighted by Crippen LogP contribution is 2.32. The minimum absolute atomic E-state index is 0.00770. The van der Waals surface area contributed by atoms with Gasteiger partial charge >= 0.3 is 0 Å². The third-order valence-corrected chi connectivity index (χ3v) is 5.88. The predicted molar refractivity (Wildman–Crippen MR) is 108 cm³/mol. The van der Waals surface area contributed by atoms with E-state index in [4.69, 9.17) is 11.6 Å². The lowest BCUT2D eigenvalue weighted by Gasteiger charge is -2.32. The Kier molecular flexibility index (Phi) is 5.40. The van der Waals surface area contributed by atoms with Crippen LogP contribution < -0.4 is 5.32 Å². The Morgan fingerprint density at radius 2 is 1.86 bits per heavy atom. The second kappa shape index (κ2) is 7.95. The van der Waals surface area contributed by atoms with E-state index in [0.29, 0.717) is 10.9 Å². The summed E-state index contributed by atoms with van der Waals surface area (Å²) in [5, 5.41) is 11.2. The van der Waals surface area contributed by atoms with Crippen molar-refractivity contribution in [1.29, 1.82) is 0 Å². The standard InChI is InChI=1S/C21H25ClN4O2/c1-13-18(20(25-24-13)14-4-6-16(22)7-5-14)12-19(27)23-17-8-10-26(11-9-17)21(28)15-2-3-15/h4-7,15,17H,2-3,8-12H2,1H3,(H,23,27)(H,24,25). The first-order chi connectivity index (χ1) is 13.5. The number of piperidine rings is 1. The number of amides is 2. The van der Waals surface area contributed by atoms with Gasteiger partial charge in [-0.15, -0.1) is 0 Å². The molecule has 28 heavy (non-hydrogen) atoms. The van der Waals surface area contributed by atoms with Gasteiger partial charge < -0.3 is 10.2 Å². The van der Waals surface area contributed by atoms with E-state index in [2.05, 4.69) is 15.5 Å². The molecule has 7 heteroatoms. The number of aromatic amines is 1. The van der Waals surface area contributed by atoms with Gasteiger partial charge in [-0.05, 0) is 44.7 Å². The molecular weight excluding hydrogens is 376 g/mol. The molecule has 2 heterocycles. The van der Waals surface area contributed by atoms with Crippen molar-refractivity contribution in [1.82, 2.24) is 20.4 Å². The van der Waals surface area contributed by atoms with E-state index >= 15 is 0 Å². The van der Waals surface area contributed by atoms with E-state index < -0.39 is 0 Å². The lowest BCUT2D eigenvalue weighted by molar-refractivity contribution is -0.133. The summed E-state index contributed by atoms with van der Waals surface area (Å²) in [5.41, 5.74) is 3.52. The van der Waals surface area contributed by atoms with Gasteiger partial charge in [0.25, 0.3) is 0 Å². The van der Waals surface area contributed by atoms with Gasteiger partial charge in [0.05, 0.1) is 12.1 Å². The number of rotatable bonds is 5. The zero-order valence-electron chi connectivity index (χ0n) is 16.0. The maximum Gasteiger partial charge on any atom is 0.225 e. The number of hydrogen-bond donors (Lipinski definition) is 2.